The lowest BCUT2D eigenvalue weighted by Gasteiger charge is -2.34. The van der Waals surface area contributed by atoms with Crippen LogP contribution >= 0.6 is 0 Å². The Morgan fingerprint density at radius 2 is 2.22 bits per heavy atom. The molecule has 0 spiro atoms. The maximum absolute atomic E-state index is 12.4. The Morgan fingerprint density at radius 3 is 2.83 bits per heavy atom. The van der Waals surface area contributed by atoms with Gasteiger partial charge in [0.1, 0.15) is 5.69 Å². The zero-order valence-corrected chi connectivity index (χ0v) is 10.8. The van der Waals surface area contributed by atoms with Gasteiger partial charge in [0.2, 0.25) is 0 Å². The van der Waals surface area contributed by atoms with E-state index in [-0.39, 0.29) is 5.91 Å². The van der Waals surface area contributed by atoms with Gasteiger partial charge >= 0.3 is 0 Å². The summed E-state index contributed by atoms with van der Waals surface area (Å²) in [6.45, 7) is 4.86. The lowest BCUT2D eigenvalue weighted by Crippen LogP contribution is -2.46. The molecule has 0 aromatic carbocycles. The number of amides is 1. The van der Waals surface area contributed by atoms with Crippen LogP contribution in [0.3, 0.4) is 0 Å². The smallest absolute Gasteiger partial charge is 0.274 e. The molecule has 1 aromatic rings. The Bertz CT molecular complexity index is 376. The first-order chi connectivity index (χ1) is 8.83. The lowest BCUT2D eigenvalue weighted by molar-refractivity contribution is 0.0636. The molecule has 1 fully saturated rings. The highest BCUT2D eigenvalue weighted by Gasteiger charge is 2.26. The number of carbonyl (C=O) groups excluding carboxylic acids is 1. The van der Waals surface area contributed by atoms with Gasteiger partial charge in [-0.25, -0.2) is 4.98 Å². The predicted molar refractivity (Wildman–Crippen MR) is 69.3 cm³/mol. The molecule has 0 saturated carbocycles. The van der Waals surface area contributed by atoms with E-state index in [4.69, 9.17) is 0 Å². The number of aromatic nitrogens is 2. The third-order valence-electron chi connectivity index (χ3n) is 3.26. The molecule has 0 aliphatic carbocycles. The average molecular weight is 248 g/mol. The van der Waals surface area contributed by atoms with E-state index in [1.807, 2.05) is 4.90 Å². The molecule has 5 heteroatoms. The third-order valence-corrected chi connectivity index (χ3v) is 3.26. The van der Waals surface area contributed by atoms with Gasteiger partial charge in [-0.1, -0.05) is 6.92 Å². The maximum Gasteiger partial charge on any atom is 0.274 e. The van der Waals surface area contributed by atoms with Crippen LogP contribution in [0.5, 0.6) is 0 Å². The molecule has 0 radical (unpaired) electrons. The van der Waals surface area contributed by atoms with E-state index in [0.717, 1.165) is 38.9 Å². The minimum absolute atomic E-state index is 0.0110. The second-order valence-electron chi connectivity index (χ2n) is 4.57. The normalized spacial score (nSPS) is 16.5. The van der Waals surface area contributed by atoms with Crippen LogP contribution in [-0.2, 0) is 0 Å². The van der Waals surface area contributed by atoms with Crippen molar-refractivity contribution < 1.29 is 4.79 Å². The first kappa shape index (κ1) is 13.0. The zero-order valence-electron chi connectivity index (χ0n) is 10.8. The Morgan fingerprint density at radius 1 is 1.44 bits per heavy atom. The largest absolute Gasteiger partial charge is 0.334 e. The highest BCUT2D eigenvalue weighted by molar-refractivity contribution is 5.92. The fraction of sp³-hybridized carbons (Fsp3) is 0.615. The van der Waals surface area contributed by atoms with Crippen LogP contribution in [0.4, 0.5) is 0 Å². The summed E-state index contributed by atoms with van der Waals surface area (Å²) in [5, 5.41) is 3.32. The molecular weight excluding hydrogens is 228 g/mol. The number of piperidine rings is 1. The number of nitrogens with zero attached hydrogens (tertiary/aromatic N) is 3. The summed E-state index contributed by atoms with van der Waals surface area (Å²) in [4.78, 5) is 22.5. The van der Waals surface area contributed by atoms with E-state index in [0.29, 0.717) is 11.7 Å². The van der Waals surface area contributed by atoms with Crippen LogP contribution in [0, 0.1) is 0 Å². The Balaban J connectivity index is 2.11. The summed E-state index contributed by atoms with van der Waals surface area (Å²) in [5.74, 6) is 0.0110. The molecule has 2 heterocycles. The molecule has 1 N–H and O–H groups in total. The molecule has 1 amide bonds. The van der Waals surface area contributed by atoms with Crippen LogP contribution in [-0.4, -0.2) is 46.5 Å². The molecule has 2 rings (SSSR count). The number of nitrogens with one attached hydrogen (secondary N) is 1. The van der Waals surface area contributed by atoms with Crippen LogP contribution < -0.4 is 5.32 Å². The van der Waals surface area contributed by atoms with Crippen LogP contribution in [0.15, 0.2) is 18.6 Å². The van der Waals surface area contributed by atoms with Gasteiger partial charge in [-0.05, 0) is 32.4 Å². The summed E-state index contributed by atoms with van der Waals surface area (Å²) in [5.41, 5.74) is 0.449. The van der Waals surface area contributed by atoms with E-state index in [9.17, 15) is 4.79 Å². The van der Waals surface area contributed by atoms with E-state index < -0.39 is 0 Å². The van der Waals surface area contributed by atoms with Crippen LogP contribution in [0.25, 0.3) is 0 Å². The first-order valence-electron chi connectivity index (χ1n) is 6.60. The van der Waals surface area contributed by atoms with E-state index in [2.05, 4.69) is 22.2 Å². The molecule has 1 saturated heterocycles. The molecule has 0 unspecified atom stereocenters. The van der Waals surface area contributed by atoms with Gasteiger partial charge in [-0.3, -0.25) is 9.78 Å². The van der Waals surface area contributed by atoms with Gasteiger partial charge in [0.05, 0.1) is 6.20 Å². The van der Waals surface area contributed by atoms with Gasteiger partial charge in [-0.2, -0.15) is 0 Å². The quantitative estimate of drug-likeness (QED) is 0.866. The fourth-order valence-corrected chi connectivity index (χ4v) is 2.37. The van der Waals surface area contributed by atoms with Crippen molar-refractivity contribution in [3.05, 3.63) is 24.3 Å². The summed E-state index contributed by atoms with van der Waals surface area (Å²) in [7, 11) is 0. The van der Waals surface area contributed by atoms with Gasteiger partial charge in [-0.15, -0.1) is 0 Å². The van der Waals surface area contributed by atoms with Crippen LogP contribution in [0.2, 0.25) is 0 Å². The highest BCUT2D eigenvalue weighted by atomic mass is 16.2. The second-order valence-corrected chi connectivity index (χ2v) is 4.57. The van der Waals surface area contributed by atoms with Crippen molar-refractivity contribution in [1.82, 2.24) is 20.2 Å². The number of hydrogen-bond donors (Lipinski definition) is 1. The van der Waals surface area contributed by atoms with Crippen molar-refractivity contribution in [3.63, 3.8) is 0 Å². The minimum Gasteiger partial charge on any atom is -0.334 e. The van der Waals surface area contributed by atoms with Crippen molar-refractivity contribution in [2.24, 2.45) is 0 Å². The molecule has 0 bridgehead atoms. The molecular formula is C13H20N4O. The van der Waals surface area contributed by atoms with Gasteiger partial charge < -0.3 is 10.2 Å². The molecule has 5 nitrogen and oxygen atoms in total. The summed E-state index contributed by atoms with van der Waals surface area (Å²) < 4.78 is 0. The lowest BCUT2D eigenvalue weighted by atomic mass is 10.0. The monoisotopic (exact) mass is 248 g/mol. The summed E-state index contributed by atoms with van der Waals surface area (Å²) in [6.07, 6.45) is 7.71. The minimum atomic E-state index is 0.0110. The van der Waals surface area contributed by atoms with Crippen LogP contribution in [0.1, 0.15) is 36.7 Å². The van der Waals surface area contributed by atoms with E-state index >= 15 is 0 Å². The fourth-order valence-electron chi connectivity index (χ4n) is 2.37. The third kappa shape index (κ3) is 3.04. The standard InChI is InChI=1S/C13H20N4O/c1-2-9-17(11-3-5-14-6-4-11)13(18)12-10-15-7-8-16-12/h7-8,10-11,14H,2-6,9H2,1H3. The maximum atomic E-state index is 12.4. The number of rotatable bonds is 4. The second kappa shape index (κ2) is 6.44. The Labute approximate surface area is 108 Å². The first-order valence-corrected chi connectivity index (χ1v) is 6.60. The molecule has 1 aliphatic heterocycles. The summed E-state index contributed by atoms with van der Waals surface area (Å²) >= 11 is 0. The Hall–Kier alpha value is -1.49. The van der Waals surface area contributed by atoms with Crippen molar-refractivity contribution in [2.75, 3.05) is 19.6 Å². The Kier molecular flexibility index (Phi) is 4.64. The van der Waals surface area contributed by atoms with Gasteiger partial charge in [0, 0.05) is 25.0 Å². The SMILES string of the molecule is CCCN(C(=O)c1cnccn1)C1CCNCC1. The average Bonchev–Trinajstić information content (AvgIpc) is 2.46. The van der Waals surface area contributed by atoms with E-state index in [1.54, 1.807) is 18.6 Å². The van der Waals surface area contributed by atoms with Gasteiger partial charge in [0.15, 0.2) is 0 Å². The van der Waals surface area contributed by atoms with Crippen molar-refractivity contribution >= 4 is 5.91 Å². The molecule has 1 aliphatic rings. The molecule has 18 heavy (non-hydrogen) atoms. The zero-order chi connectivity index (χ0) is 12.8. The van der Waals surface area contributed by atoms with E-state index in [1.165, 1.54) is 0 Å². The molecule has 0 atom stereocenters. The number of carbonyl (C=O) groups is 1. The van der Waals surface area contributed by atoms with Gasteiger partial charge in [0.25, 0.3) is 5.91 Å². The molecule has 1 aromatic heterocycles. The highest BCUT2D eigenvalue weighted by Crippen LogP contribution is 2.15. The summed E-state index contributed by atoms with van der Waals surface area (Å²) in [6, 6.07) is 0.334. The predicted octanol–water partition coefficient (Wildman–Crippen LogP) is 1.08. The van der Waals surface area contributed by atoms with Crippen molar-refractivity contribution in [2.45, 2.75) is 32.2 Å². The van der Waals surface area contributed by atoms with Crippen molar-refractivity contribution in [1.29, 1.82) is 0 Å². The number of hydrogen-bond acceptors (Lipinski definition) is 4. The topological polar surface area (TPSA) is 58.1 Å². The molecule has 98 valence electrons. The van der Waals surface area contributed by atoms with Crippen molar-refractivity contribution in [3.8, 4) is 0 Å².